The summed E-state index contributed by atoms with van der Waals surface area (Å²) in [6.07, 6.45) is 4.78. The highest BCUT2D eigenvalue weighted by Gasteiger charge is 2.00. The van der Waals surface area contributed by atoms with Crippen LogP contribution in [0.5, 0.6) is 0 Å². The van der Waals surface area contributed by atoms with Crippen molar-refractivity contribution in [3.8, 4) is 0 Å². The Kier molecular flexibility index (Phi) is 35.1. The molecule has 0 atom stereocenters. The van der Waals surface area contributed by atoms with E-state index in [1.165, 1.54) is 38.5 Å². The van der Waals surface area contributed by atoms with Crippen LogP contribution in [0.1, 0.15) is 59.3 Å². The van der Waals surface area contributed by atoms with Gasteiger partial charge in [0.2, 0.25) is 0 Å². The summed E-state index contributed by atoms with van der Waals surface area (Å²) in [4.78, 5) is 17.1. The monoisotopic (exact) mass is 300 g/mol. The number of carbonyl (C=O) groups is 2. The number of rotatable bonds is 6. The molecular formula is C12H28O8. The molecule has 8 heteroatoms. The van der Waals surface area contributed by atoms with Crippen LogP contribution in [0.4, 0.5) is 9.59 Å². The summed E-state index contributed by atoms with van der Waals surface area (Å²) < 4.78 is 0. The second-order valence-electron chi connectivity index (χ2n) is 3.74. The van der Waals surface area contributed by atoms with Crippen molar-refractivity contribution >= 4 is 12.3 Å². The number of hydrogen-bond acceptors (Lipinski definition) is 4. The van der Waals surface area contributed by atoms with Crippen LogP contribution in [-0.2, 0) is 0 Å². The lowest BCUT2D eigenvalue weighted by Crippen LogP contribution is -1.95. The van der Waals surface area contributed by atoms with Crippen LogP contribution in [-0.4, -0.2) is 43.3 Å². The second kappa shape index (κ2) is 26.1. The van der Waals surface area contributed by atoms with Crippen molar-refractivity contribution in [1.82, 2.24) is 0 Å². The van der Waals surface area contributed by atoms with Gasteiger partial charge in [0.1, 0.15) is 0 Å². The van der Waals surface area contributed by atoms with Crippen LogP contribution in [0.25, 0.3) is 0 Å². The number of hydrogen-bond donors (Lipinski definition) is 6. The van der Waals surface area contributed by atoms with E-state index < -0.39 is 12.3 Å². The van der Waals surface area contributed by atoms with Gasteiger partial charge in [-0.3, -0.25) is 10.5 Å². The van der Waals surface area contributed by atoms with Gasteiger partial charge in [-0.05, 0) is 5.92 Å². The molecule has 8 nitrogen and oxygen atoms in total. The number of carboxylic acid groups (broad SMARTS) is 4. The van der Waals surface area contributed by atoms with E-state index >= 15 is 0 Å². The maximum absolute atomic E-state index is 8.56. The molecule has 0 radical (unpaired) electrons. The van der Waals surface area contributed by atoms with E-state index in [1.54, 1.807) is 0 Å². The molecule has 0 heterocycles. The Morgan fingerprint density at radius 1 is 0.800 bits per heavy atom. The van der Waals surface area contributed by atoms with Crippen LogP contribution in [0.2, 0.25) is 0 Å². The molecule has 0 bridgehead atoms. The van der Waals surface area contributed by atoms with Gasteiger partial charge in [-0.1, -0.05) is 59.3 Å². The minimum Gasteiger partial charge on any atom is -0.450 e. The summed E-state index contributed by atoms with van der Waals surface area (Å²) in [7, 11) is 0. The van der Waals surface area contributed by atoms with Gasteiger partial charge in [-0.25, -0.2) is 9.59 Å². The predicted octanol–water partition coefficient (Wildman–Crippen LogP) is 4.47. The summed E-state index contributed by atoms with van der Waals surface area (Å²) >= 11 is 0. The van der Waals surface area contributed by atoms with Gasteiger partial charge in [-0.15, -0.1) is 0 Å². The van der Waals surface area contributed by atoms with E-state index in [2.05, 4.69) is 20.8 Å². The smallest absolute Gasteiger partial charge is 0.450 e. The molecule has 0 aliphatic carbocycles. The molecule has 124 valence electrons. The summed E-state index contributed by atoms with van der Waals surface area (Å²) in [6.45, 7) is 6.88. The Labute approximate surface area is 119 Å². The van der Waals surface area contributed by atoms with Crippen molar-refractivity contribution in [3.05, 3.63) is 0 Å². The molecule has 0 amide bonds. The molecule has 6 N–H and O–H groups in total. The molecule has 0 aliphatic heterocycles. The minimum absolute atomic E-state index is 1.01. The Morgan fingerprint density at radius 3 is 1.30 bits per heavy atom. The SMILES string of the molecule is CCCCCC(CC)CC.O=C(O)O.O=C(O)O.OO. The van der Waals surface area contributed by atoms with E-state index in [0.717, 1.165) is 5.92 Å². The van der Waals surface area contributed by atoms with Gasteiger partial charge in [0.25, 0.3) is 0 Å². The zero-order valence-corrected chi connectivity index (χ0v) is 12.3. The first-order valence-corrected chi connectivity index (χ1v) is 6.35. The summed E-state index contributed by atoms with van der Waals surface area (Å²) in [6, 6.07) is 0. The molecule has 0 spiro atoms. The van der Waals surface area contributed by atoms with Crippen molar-refractivity contribution in [2.45, 2.75) is 59.3 Å². The van der Waals surface area contributed by atoms with E-state index in [9.17, 15) is 0 Å². The quantitative estimate of drug-likeness (QED) is 0.238. The fourth-order valence-corrected chi connectivity index (χ4v) is 1.38. The number of unbranched alkanes of at least 4 members (excludes halogenated alkanes) is 2. The topological polar surface area (TPSA) is 156 Å². The highest BCUT2D eigenvalue weighted by Crippen LogP contribution is 2.16. The Bertz CT molecular complexity index is 172. The van der Waals surface area contributed by atoms with Crippen LogP contribution in [0.15, 0.2) is 0 Å². The van der Waals surface area contributed by atoms with E-state index in [4.69, 9.17) is 40.5 Å². The average molecular weight is 300 g/mol. The first-order chi connectivity index (χ1) is 9.31. The van der Waals surface area contributed by atoms with Crippen molar-refractivity contribution in [2.24, 2.45) is 5.92 Å². The summed E-state index contributed by atoms with van der Waals surface area (Å²) in [5.41, 5.74) is 0. The second-order valence-corrected chi connectivity index (χ2v) is 3.74. The third-order valence-corrected chi connectivity index (χ3v) is 2.37. The fourth-order valence-electron chi connectivity index (χ4n) is 1.38. The van der Waals surface area contributed by atoms with Gasteiger partial charge < -0.3 is 20.4 Å². The fraction of sp³-hybridized carbons (Fsp3) is 0.833. The molecule has 0 saturated carbocycles. The van der Waals surface area contributed by atoms with Gasteiger partial charge >= 0.3 is 12.3 Å². The maximum Gasteiger partial charge on any atom is 0.503 e. The lowest BCUT2D eigenvalue weighted by molar-refractivity contribution is -0.176. The molecule has 20 heavy (non-hydrogen) atoms. The average Bonchev–Trinajstić information content (AvgIpc) is 2.36. The van der Waals surface area contributed by atoms with Gasteiger partial charge in [0.15, 0.2) is 0 Å². The third kappa shape index (κ3) is 70.7. The summed E-state index contributed by atoms with van der Waals surface area (Å²) in [5, 5.41) is 39.9. The van der Waals surface area contributed by atoms with Crippen LogP contribution >= 0.6 is 0 Å². The lowest BCUT2D eigenvalue weighted by Gasteiger charge is -2.10. The first kappa shape index (κ1) is 26.9. The van der Waals surface area contributed by atoms with Crippen LogP contribution in [0.3, 0.4) is 0 Å². The maximum atomic E-state index is 8.56. The molecule has 0 unspecified atom stereocenters. The zero-order valence-electron chi connectivity index (χ0n) is 12.3. The van der Waals surface area contributed by atoms with Crippen LogP contribution in [0, 0.1) is 5.92 Å². The van der Waals surface area contributed by atoms with Crippen molar-refractivity contribution in [1.29, 1.82) is 0 Å². The Hall–Kier alpha value is -1.54. The Balaban J connectivity index is -0.000000106. The summed E-state index contributed by atoms with van der Waals surface area (Å²) in [5.74, 6) is 1.01. The van der Waals surface area contributed by atoms with E-state index in [1.807, 2.05) is 0 Å². The van der Waals surface area contributed by atoms with Gasteiger partial charge in [0, 0.05) is 0 Å². The Morgan fingerprint density at radius 2 is 1.10 bits per heavy atom. The molecular weight excluding hydrogens is 272 g/mol. The van der Waals surface area contributed by atoms with E-state index in [0.29, 0.717) is 0 Å². The van der Waals surface area contributed by atoms with Crippen molar-refractivity contribution < 1.29 is 40.5 Å². The normalized spacial score (nSPS) is 8.10. The van der Waals surface area contributed by atoms with Crippen LogP contribution < -0.4 is 0 Å². The standard InChI is InChI=1S/C10H22.2CH2O3.H2O2/c1-4-7-8-9-10(5-2)6-3;2*2-1(3)4;1-2/h10H,4-9H2,1-3H3;2*(H2,2,3,4);1-2H. The molecule has 0 aromatic heterocycles. The zero-order chi connectivity index (χ0) is 17.0. The van der Waals surface area contributed by atoms with Crippen molar-refractivity contribution in [3.63, 3.8) is 0 Å². The lowest BCUT2D eigenvalue weighted by atomic mass is 9.96. The van der Waals surface area contributed by atoms with E-state index in [-0.39, 0.29) is 0 Å². The first-order valence-electron chi connectivity index (χ1n) is 6.35. The third-order valence-electron chi connectivity index (χ3n) is 2.37. The highest BCUT2D eigenvalue weighted by atomic mass is 17.0. The van der Waals surface area contributed by atoms with Crippen molar-refractivity contribution in [2.75, 3.05) is 0 Å². The van der Waals surface area contributed by atoms with Gasteiger partial charge in [-0.2, -0.15) is 0 Å². The molecule has 0 rings (SSSR count). The molecule has 0 aromatic carbocycles. The predicted molar refractivity (Wildman–Crippen MR) is 74.8 cm³/mol. The van der Waals surface area contributed by atoms with Gasteiger partial charge in [0.05, 0.1) is 0 Å². The molecule has 0 aliphatic rings. The largest absolute Gasteiger partial charge is 0.503 e. The molecule has 0 aromatic rings. The molecule has 0 saturated heterocycles. The minimum atomic E-state index is -1.83. The highest BCUT2D eigenvalue weighted by molar-refractivity contribution is 5.53. The molecule has 0 fully saturated rings.